The van der Waals surface area contributed by atoms with E-state index in [2.05, 4.69) is 39.5 Å². The molecule has 2 aromatic rings. The van der Waals surface area contributed by atoms with Crippen LogP contribution in [0.4, 0.5) is 0 Å². The number of aromatic nitrogens is 1. The van der Waals surface area contributed by atoms with E-state index < -0.39 is 0 Å². The molecule has 0 radical (unpaired) electrons. The fraction of sp³-hybridized carbons (Fsp3) is 0.400. The van der Waals surface area contributed by atoms with E-state index in [4.69, 9.17) is 0 Å². The van der Waals surface area contributed by atoms with Gasteiger partial charge >= 0.3 is 0 Å². The maximum Gasteiger partial charge on any atom is 0.224 e. The molecule has 0 saturated carbocycles. The van der Waals surface area contributed by atoms with Gasteiger partial charge in [0.15, 0.2) is 0 Å². The monoisotopic (exact) mass is 323 g/mol. The summed E-state index contributed by atoms with van der Waals surface area (Å²) < 4.78 is 0. The number of amides is 1. The fourth-order valence-electron chi connectivity index (χ4n) is 3.29. The number of hydrogen-bond acceptors (Lipinski definition) is 3. The van der Waals surface area contributed by atoms with Crippen molar-refractivity contribution >= 4 is 5.91 Å². The summed E-state index contributed by atoms with van der Waals surface area (Å²) in [6.45, 7) is 4.80. The minimum absolute atomic E-state index is 0.0526. The summed E-state index contributed by atoms with van der Waals surface area (Å²) in [5, 5.41) is 3.12. The third-order valence-electron chi connectivity index (χ3n) is 4.62. The second-order valence-corrected chi connectivity index (χ2v) is 6.54. The van der Waals surface area contributed by atoms with Crippen LogP contribution in [-0.4, -0.2) is 28.9 Å². The highest BCUT2D eigenvalue weighted by Gasteiger charge is 2.26. The lowest BCUT2D eigenvalue weighted by Crippen LogP contribution is -2.43. The number of carbonyl (C=O) groups excluding carboxylic acids is 1. The molecule has 24 heavy (non-hydrogen) atoms. The van der Waals surface area contributed by atoms with Gasteiger partial charge in [0.1, 0.15) is 0 Å². The van der Waals surface area contributed by atoms with Crippen LogP contribution in [0.3, 0.4) is 0 Å². The molecule has 4 heteroatoms. The van der Waals surface area contributed by atoms with Gasteiger partial charge in [-0.05, 0) is 44.0 Å². The van der Waals surface area contributed by atoms with Crippen LogP contribution in [0.2, 0.25) is 0 Å². The van der Waals surface area contributed by atoms with Crippen molar-refractivity contribution in [3.05, 3.63) is 66.0 Å². The number of benzene rings is 1. The molecule has 1 fully saturated rings. The van der Waals surface area contributed by atoms with Crippen molar-refractivity contribution in [2.24, 2.45) is 5.92 Å². The molecule has 2 heterocycles. The van der Waals surface area contributed by atoms with Gasteiger partial charge in [0.2, 0.25) is 5.91 Å². The Morgan fingerprint density at radius 3 is 2.79 bits per heavy atom. The number of rotatable bonds is 5. The highest BCUT2D eigenvalue weighted by Crippen LogP contribution is 2.20. The van der Waals surface area contributed by atoms with Crippen LogP contribution in [0.5, 0.6) is 0 Å². The smallest absolute Gasteiger partial charge is 0.224 e. The topological polar surface area (TPSA) is 45.2 Å². The van der Waals surface area contributed by atoms with E-state index in [1.54, 1.807) is 6.20 Å². The van der Waals surface area contributed by atoms with Gasteiger partial charge in [0.25, 0.3) is 0 Å². The Morgan fingerprint density at radius 1 is 1.25 bits per heavy atom. The van der Waals surface area contributed by atoms with E-state index in [0.717, 1.165) is 38.2 Å². The molecule has 0 spiro atoms. The van der Waals surface area contributed by atoms with Crippen molar-refractivity contribution in [2.45, 2.75) is 32.4 Å². The second kappa shape index (κ2) is 8.06. The van der Waals surface area contributed by atoms with Crippen molar-refractivity contribution in [3.8, 4) is 0 Å². The Balaban J connectivity index is 1.55. The predicted octanol–water partition coefficient (Wildman–Crippen LogP) is 3.17. The first kappa shape index (κ1) is 16.7. The lowest BCUT2D eigenvalue weighted by atomic mass is 9.96. The molecule has 0 bridgehead atoms. The number of pyridine rings is 1. The molecule has 0 aliphatic carbocycles. The third-order valence-corrected chi connectivity index (χ3v) is 4.62. The number of carbonyl (C=O) groups is 1. The highest BCUT2D eigenvalue weighted by atomic mass is 16.2. The largest absolute Gasteiger partial charge is 0.348 e. The minimum atomic E-state index is -0.0526. The Hall–Kier alpha value is -2.20. The van der Waals surface area contributed by atoms with Crippen LogP contribution in [0.1, 0.15) is 37.1 Å². The Morgan fingerprint density at radius 2 is 2.04 bits per heavy atom. The summed E-state index contributed by atoms with van der Waals surface area (Å²) in [4.78, 5) is 19.3. The maximum atomic E-state index is 12.6. The molecule has 1 amide bonds. The number of nitrogens with zero attached hydrogens (tertiary/aromatic N) is 2. The zero-order chi connectivity index (χ0) is 16.8. The molecule has 1 aromatic heterocycles. The summed E-state index contributed by atoms with van der Waals surface area (Å²) in [5.41, 5.74) is 2.21. The molecule has 4 nitrogen and oxygen atoms in total. The lowest BCUT2D eigenvalue weighted by Gasteiger charge is -2.32. The number of likely N-dealkylation sites (tertiary alicyclic amines) is 1. The summed E-state index contributed by atoms with van der Waals surface area (Å²) in [7, 11) is 0. The van der Waals surface area contributed by atoms with Gasteiger partial charge in [-0.2, -0.15) is 0 Å². The van der Waals surface area contributed by atoms with Gasteiger partial charge < -0.3 is 5.32 Å². The molecule has 1 aliphatic heterocycles. The van der Waals surface area contributed by atoms with Crippen molar-refractivity contribution in [1.29, 1.82) is 0 Å². The summed E-state index contributed by atoms with van der Waals surface area (Å²) in [5.74, 6) is 0.208. The van der Waals surface area contributed by atoms with Gasteiger partial charge in [-0.25, -0.2) is 0 Å². The molecule has 1 N–H and O–H groups in total. The number of hydrogen-bond donors (Lipinski definition) is 1. The first-order chi connectivity index (χ1) is 11.7. The van der Waals surface area contributed by atoms with Gasteiger partial charge in [-0.15, -0.1) is 0 Å². The molecule has 1 aromatic carbocycles. The Labute approximate surface area is 143 Å². The zero-order valence-electron chi connectivity index (χ0n) is 14.2. The lowest BCUT2D eigenvalue weighted by molar-refractivity contribution is -0.127. The molecule has 1 aliphatic rings. The molecular weight excluding hydrogens is 298 g/mol. The van der Waals surface area contributed by atoms with Crippen molar-refractivity contribution in [3.63, 3.8) is 0 Å². The van der Waals surface area contributed by atoms with Crippen LogP contribution >= 0.6 is 0 Å². The second-order valence-electron chi connectivity index (χ2n) is 6.54. The van der Waals surface area contributed by atoms with E-state index in [0.29, 0.717) is 0 Å². The summed E-state index contributed by atoms with van der Waals surface area (Å²) in [6, 6.07) is 16.2. The molecule has 0 unspecified atom stereocenters. The first-order valence-corrected chi connectivity index (χ1v) is 8.70. The van der Waals surface area contributed by atoms with Crippen LogP contribution < -0.4 is 5.32 Å². The maximum absolute atomic E-state index is 12.6. The predicted molar refractivity (Wildman–Crippen MR) is 95.2 cm³/mol. The standard InChI is InChI=1S/C20H25N3O/c1-16(19-11-5-6-12-21-19)22-20(24)18-10-7-13-23(15-18)14-17-8-3-2-4-9-17/h2-6,8-9,11-12,16,18H,7,10,13-15H2,1H3,(H,22,24)/t16-,18+/m1/s1. The Bertz CT molecular complexity index is 644. The molecule has 3 rings (SSSR count). The van der Waals surface area contributed by atoms with Crippen LogP contribution in [-0.2, 0) is 11.3 Å². The average molecular weight is 323 g/mol. The van der Waals surface area contributed by atoms with Gasteiger partial charge in [-0.3, -0.25) is 14.7 Å². The molecular formula is C20H25N3O. The van der Waals surface area contributed by atoms with Gasteiger partial charge in [0.05, 0.1) is 17.7 Å². The van der Waals surface area contributed by atoms with Crippen LogP contribution in [0.15, 0.2) is 54.7 Å². The number of piperidine rings is 1. The normalized spacial score (nSPS) is 19.6. The molecule has 1 saturated heterocycles. The fourth-order valence-corrected chi connectivity index (χ4v) is 3.29. The van der Waals surface area contributed by atoms with Gasteiger partial charge in [0, 0.05) is 19.3 Å². The average Bonchev–Trinajstić information content (AvgIpc) is 2.63. The third kappa shape index (κ3) is 4.42. The van der Waals surface area contributed by atoms with E-state index >= 15 is 0 Å². The van der Waals surface area contributed by atoms with Crippen molar-refractivity contribution < 1.29 is 4.79 Å². The minimum Gasteiger partial charge on any atom is -0.348 e. The molecule has 2 atom stereocenters. The van der Waals surface area contributed by atoms with Crippen LogP contribution in [0.25, 0.3) is 0 Å². The van der Waals surface area contributed by atoms with E-state index in [1.807, 2.05) is 31.2 Å². The SMILES string of the molecule is C[C@@H](NC(=O)[C@H]1CCCN(Cc2ccccc2)C1)c1ccccn1. The summed E-state index contributed by atoms with van der Waals surface area (Å²) >= 11 is 0. The molecule has 126 valence electrons. The van der Waals surface area contributed by atoms with Crippen molar-refractivity contribution in [2.75, 3.05) is 13.1 Å². The van der Waals surface area contributed by atoms with E-state index in [-0.39, 0.29) is 17.9 Å². The van der Waals surface area contributed by atoms with Crippen molar-refractivity contribution in [1.82, 2.24) is 15.2 Å². The van der Waals surface area contributed by atoms with E-state index in [1.165, 1.54) is 5.56 Å². The quantitative estimate of drug-likeness (QED) is 0.919. The van der Waals surface area contributed by atoms with E-state index in [9.17, 15) is 4.79 Å². The Kier molecular flexibility index (Phi) is 5.59. The van der Waals surface area contributed by atoms with Gasteiger partial charge in [-0.1, -0.05) is 36.4 Å². The first-order valence-electron chi connectivity index (χ1n) is 8.70. The van der Waals surface area contributed by atoms with Crippen LogP contribution in [0, 0.1) is 5.92 Å². The zero-order valence-corrected chi connectivity index (χ0v) is 14.2. The highest BCUT2D eigenvalue weighted by molar-refractivity contribution is 5.79. The summed E-state index contributed by atoms with van der Waals surface area (Å²) in [6.07, 6.45) is 3.80. The number of nitrogens with one attached hydrogen (secondary N) is 1.